The van der Waals surface area contributed by atoms with Crippen LogP contribution in [-0.2, 0) is 44.9 Å². The first-order valence-electron chi connectivity index (χ1n) is 44.2. The number of aryl methyl sites for hydroxylation is 3. The molecule has 4 aliphatic heterocycles. The Bertz CT molecular complexity index is 7880. The molecule has 0 saturated heterocycles. The van der Waals surface area contributed by atoms with Gasteiger partial charge in [-0.3, -0.25) is 18.3 Å². The minimum absolute atomic E-state index is 0.275. The number of benzene rings is 10. The van der Waals surface area contributed by atoms with Crippen molar-refractivity contribution >= 4 is 11.6 Å². The van der Waals surface area contributed by atoms with Gasteiger partial charge in [0.15, 0.2) is 17.1 Å². The average Bonchev–Trinajstić information content (AvgIpc) is 1.60. The number of methoxy groups -OCH3 is 1. The first kappa shape index (κ1) is 84.8. The molecule has 10 aromatic carbocycles. The Balaban J connectivity index is 0.000000104. The molecule has 0 spiro atoms. The van der Waals surface area contributed by atoms with E-state index in [1.807, 2.05) is 194 Å². The van der Waals surface area contributed by atoms with Crippen molar-refractivity contribution < 1.29 is 31.5 Å². The van der Waals surface area contributed by atoms with E-state index in [-0.39, 0.29) is 17.5 Å². The predicted octanol–water partition coefficient (Wildman–Crippen LogP) is 18.2. The summed E-state index contributed by atoms with van der Waals surface area (Å²) in [6.45, 7) is 6.15. The van der Waals surface area contributed by atoms with E-state index >= 15 is 0 Å². The van der Waals surface area contributed by atoms with Crippen LogP contribution in [0.4, 0.5) is 13.2 Å². The summed E-state index contributed by atoms with van der Waals surface area (Å²) in [5.74, 6) is 8.53. The van der Waals surface area contributed by atoms with Gasteiger partial charge in [0.2, 0.25) is 23.4 Å². The van der Waals surface area contributed by atoms with Gasteiger partial charge >= 0.3 is 0 Å². The predicted molar refractivity (Wildman–Crippen MR) is 505 cm³/mol. The maximum absolute atomic E-state index is 13.9. The van der Waals surface area contributed by atoms with Crippen LogP contribution in [0, 0.1) is 50.1 Å². The van der Waals surface area contributed by atoms with Gasteiger partial charge < -0.3 is 18.3 Å². The Morgan fingerprint density at radius 2 is 0.741 bits per heavy atom. The molecule has 0 aliphatic carbocycles. The van der Waals surface area contributed by atoms with Crippen LogP contribution in [-0.4, -0.2) is 141 Å². The molecule has 0 radical (unpaired) electrons. The van der Waals surface area contributed by atoms with E-state index in [1.165, 1.54) is 36.4 Å². The third kappa shape index (κ3) is 16.5. The highest BCUT2D eigenvalue weighted by atomic mass is 35.5. The molecule has 4 aliphatic rings. The van der Waals surface area contributed by atoms with Crippen molar-refractivity contribution in [1.29, 1.82) is 0 Å². The number of ether oxygens (including phenoxy) is 1. The lowest BCUT2D eigenvalue weighted by Gasteiger charge is -2.10. The molecule has 0 bridgehead atoms. The summed E-state index contributed by atoms with van der Waals surface area (Å²) in [5, 5.41) is 48.4. The highest BCUT2D eigenvalue weighted by molar-refractivity contribution is 6.30. The lowest BCUT2D eigenvalue weighted by molar-refractivity contribution is 0.398. The number of rotatable bonds is 13. The Morgan fingerprint density at radius 1 is 0.353 bits per heavy atom. The van der Waals surface area contributed by atoms with Gasteiger partial charge in [0, 0.05) is 84.5 Å². The maximum atomic E-state index is 13.9. The first-order chi connectivity index (χ1) is 68.1. The van der Waals surface area contributed by atoms with Crippen molar-refractivity contribution in [3.8, 4) is 132 Å². The highest BCUT2D eigenvalue weighted by Crippen LogP contribution is 2.41. The van der Waals surface area contributed by atoms with Crippen molar-refractivity contribution in [2.45, 2.75) is 65.7 Å². The third-order valence-corrected chi connectivity index (χ3v) is 24.5. The highest BCUT2D eigenvalue weighted by Gasteiger charge is 2.35. The van der Waals surface area contributed by atoms with Gasteiger partial charge in [0.25, 0.3) is 17.7 Å². The molecule has 0 amide bonds. The van der Waals surface area contributed by atoms with E-state index in [2.05, 4.69) is 162 Å². The van der Waals surface area contributed by atoms with E-state index in [1.54, 1.807) is 67.4 Å². The van der Waals surface area contributed by atoms with Gasteiger partial charge in [-0.05, 0) is 157 Å². The summed E-state index contributed by atoms with van der Waals surface area (Å²) in [6, 6.07) is 76.5. The molecule has 0 N–H and O–H groups in total. The molecular formula is C104H73ClF3N27O4. The first-order valence-corrected chi connectivity index (χ1v) is 44.6. The zero-order valence-corrected chi connectivity index (χ0v) is 75.1. The topological polar surface area (TPSA) is 333 Å². The van der Waals surface area contributed by atoms with E-state index < -0.39 is 0 Å². The van der Waals surface area contributed by atoms with E-state index in [9.17, 15) is 13.2 Å². The summed E-state index contributed by atoms with van der Waals surface area (Å²) in [6.07, 6.45) is 13.9. The molecule has 0 saturated carbocycles. The number of fused-ring (bicyclic) bond motifs is 20. The molecular weight excluding hydrogens is 1780 g/mol. The third-order valence-electron chi connectivity index (χ3n) is 24.3. The SMILES string of the molecule is COc1ccc(C#Cc2ncn3c2Cc2cnnn2-c2cc(C)ccc2-3)cn1.Cc1ccc2c(c1)-n1nnc(Cc3cccc(F)c3)c1Cc1c(-c3nc(-c4ccccc4)no3)ncn1-2.Cc1ccc2c(c1)-n1nnc(Cc3cccc(F)c3)c1Cc1c(-c3nc(-c4ccccc4)no3)ncn1-2.Fc1cccc(Cc2nnn3c2Cc2c(-c4nc(-c5ccccc5)no4)ncn2-c2ccc(Cl)cc2-3)c1. The number of hydrogen-bond acceptors (Lipinski definition) is 23. The second-order valence-electron chi connectivity index (χ2n) is 33.4. The van der Waals surface area contributed by atoms with Crippen LogP contribution in [0.2, 0.25) is 5.02 Å². The van der Waals surface area contributed by atoms with Gasteiger partial charge in [-0.25, -0.2) is 56.8 Å². The molecule has 0 unspecified atom stereocenters. The van der Waals surface area contributed by atoms with Gasteiger partial charge in [-0.1, -0.05) is 199 Å². The second kappa shape index (κ2) is 35.9. The lowest BCUT2D eigenvalue weighted by Crippen LogP contribution is -2.04. The quantitative estimate of drug-likeness (QED) is 0.0968. The minimum Gasteiger partial charge on any atom is -0.481 e. The van der Waals surface area contributed by atoms with E-state index in [4.69, 9.17) is 29.9 Å². The Kier molecular flexibility index (Phi) is 21.9. The second-order valence-corrected chi connectivity index (χ2v) is 33.8. The Hall–Kier alpha value is -18.4. The summed E-state index contributed by atoms with van der Waals surface area (Å²) in [4.78, 5) is 36.7. The number of imidazole rings is 4. The lowest BCUT2D eigenvalue weighted by atomic mass is 10.1. The number of pyridine rings is 1. The van der Waals surface area contributed by atoms with Gasteiger partial charge in [-0.15, -0.1) is 20.4 Å². The summed E-state index contributed by atoms with van der Waals surface area (Å²) < 4.78 is 79.3. The fraction of sp³-hybridized carbons (Fsp3) is 0.106. The molecule has 139 heavy (non-hydrogen) atoms. The molecule has 0 atom stereocenters. The molecule has 12 aromatic heterocycles. The van der Waals surface area contributed by atoms with Gasteiger partial charge in [0.05, 0.1) is 121 Å². The zero-order valence-electron chi connectivity index (χ0n) is 74.3. The Labute approximate surface area is 793 Å². The number of hydrogen-bond donors (Lipinski definition) is 0. The molecule has 31 nitrogen and oxygen atoms in total. The molecule has 16 heterocycles. The van der Waals surface area contributed by atoms with Crippen molar-refractivity contribution in [3.05, 3.63) is 416 Å². The van der Waals surface area contributed by atoms with Crippen molar-refractivity contribution in [3.63, 3.8) is 0 Å². The monoisotopic (exact) mass is 1860 g/mol. The zero-order chi connectivity index (χ0) is 93.9. The van der Waals surface area contributed by atoms with Crippen LogP contribution in [0.3, 0.4) is 0 Å². The summed E-state index contributed by atoms with van der Waals surface area (Å²) >= 11 is 6.38. The average molecular weight is 1860 g/mol. The molecule has 26 rings (SSSR count). The number of aromatic nitrogens is 27. The fourth-order valence-electron chi connectivity index (χ4n) is 17.6. The van der Waals surface area contributed by atoms with Gasteiger partial charge in [-0.2, -0.15) is 15.0 Å². The maximum Gasteiger partial charge on any atom is 0.278 e. The molecule has 0 fully saturated rings. The van der Waals surface area contributed by atoms with Crippen molar-refractivity contribution in [1.82, 2.24) is 134 Å². The van der Waals surface area contributed by atoms with Crippen LogP contribution in [0.1, 0.15) is 107 Å². The van der Waals surface area contributed by atoms with E-state index in [0.717, 1.165) is 169 Å². The molecule has 676 valence electrons. The fourth-order valence-corrected chi connectivity index (χ4v) is 17.7. The van der Waals surface area contributed by atoms with Crippen LogP contribution in [0.5, 0.6) is 5.88 Å². The normalized spacial score (nSPS) is 11.9. The van der Waals surface area contributed by atoms with E-state index in [0.29, 0.717) is 108 Å². The number of halogens is 4. The summed E-state index contributed by atoms with van der Waals surface area (Å²) in [5.41, 5.74) is 28.5. The van der Waals surface area contributed by atoms with Crippen LogP contribution >= 0.6 is 11.6 Å². The largest absolute Gasteiger partial charge is 0.481 e. The van der Waals surface area contributed by atoms with Crippen LogP contribution in [0.15, 0.2) is 300 Å². The van der Waals surface area contributed by atoms with Gasteiger partial charge in [0.1, 0.15) is 48.5 Å². The van der Waals surface area contributed by atoms with Crippen molar-refractivity contribution in [2.75, 3.05) is 7.11 Å². The Morgan fingerprint density at radius 3 is 1.14 bits per heavy atom. The number of nitrogens with zero attached hydrogens (tertiary/aromatic N) is 27. The summed E-state index contributed by atoms with van der Waals surface area (Å²) in [7, 11) is 1.59. The van der Waals surface area contributed by atoms with Crippen LogP contribution in [0.25, 0.3) is 114 Å². The smallest absolute Gasteiger partial charge is 0.278 e. The minimum atomic E-state index is -0.293. The van der Waals surface area contributed by atoms with Crippen molar-refractivity contribution in [2.24, 2.45) is 0 Å². The van der Waals surface area contributed by atoms with Crippen LogP contribution < -0.4 is 4.74 Å². The molecule has 22 aromatic rings. The standard InChI is InChI=1S/2C28H20FN7O.C27H17ClFN7O.C21H16N6O/c2*1-17-10-11-22-24(12-17)36-23(21(32-34-36)14-18-6-5-9-20(29)13-18)15-25-26(30-16-35(22)25)28-31-27(33-37-28)19-7-3-2-4-8-19;28-18-9-10-21-23(13-18)36-22(20(32-34-36)12-16-5-4-8-19(29)11-16)14-24-25(30-15-35(21)24)27-31-26(33-37-27)17-6-2-1-3-7-17;1-14-3-7-18-20(9-14)27-16(12-24-25-27)10-19-17(23-13-26(18)19)6-4-15-5-8-21(28-2)22-11-15/h2*2-13,16H,14-15H2,1H3;1-11,13,15H,12,14H2;3,5,7-9,11-13H,10H2,1-2H3. The molecule has 35 heteroatoms.